The van der Waals surface area contributed by atoms with Crippen LogP contribution in [0.3, 0.4) is 0 Å². The average Bonchev–Trinajstić information content (AvgIpc) is 3.05. The second kappa shape index (κ2) is 9.75. The molecule has 1 fully saturated rings. The van der Waals surface area contributed by atoms with Gasteiger partial charge in [0.15, 0.2) is 11.8 Å². The van der Waals surface area contributed by atoms with Gasteiger partial charge < -0.3 is 24.4 Å². The Bertz CT molecular complexity index is 659. The number of guanidine groups is 1. The van der Waals surface area contributed by atoms with E-state index in [1.807, 2.05) is 27.7 Å². The molecule has 1 N–H and O–H groups in total. The lowest BCUT2D eigenvalue weighted by atomic mass is 9.96. The molecule has 0 unspecified atom stereocenters. The Morgan fingerprint density at radius 2 is 2.07 bits per heavy atom. The van der Waals surface area contributed by atoms with Gasteiger partial charge in [-0.05, 0) is 46.5 Å². The van der Waals surface area contributed by atoms with Crippen molar-refractivity contribution in [2.24, 2.45) is 10.9 Å². The van der Waals surface area contributed by atoms with E-state index >= 15 is 0 Å². The van der Waals surface area contributed by atoms with Crippen LogP contribution in [0.4, 0.5) is 4.79 Å². The molecule has 1 amide bonds. The number of amides is 1. The number of ether oxygens (including phenoxy) is 1. The van der Waals surface area contributed by atoms with Crippen molar-refractivity contribution in [1.29, 1.82) is 0 Å². The molecule has 158 valence electrons. The number of aliphatic imine (C=N–C) groups is 1. The molecule has 9 heteroatoms. The summed E-state index contributed by atoms with van der Waals surface area (Å²) in [5, 5.41) is 7.18. The molecule has 0 bridgehead atoms. The molecule has 1 aromatic heterocycles. The fraction of sp³-hybridized carbons (Fsp3) is 0.789. The molecule has 28 heavy (non-hydrogen) atoms. The van der Waals surface area contributed by atoms with Crippen molar-refractivity contribution in [1.82, 2.24) is 25.3 Å². The number of hydrogen-bond acceptors (Lipinski definition) is 6. The number of aryl methyl sites for hydroxylation is 1. The third kappa shape index (κ3) is 6.69. The van der Waals surface area contributed by atoms with Crippen molar-refractivity contribution in [2.75, 3.05) is 33.2 Å². The molecule has 1 aliphatic rings. The lowest BCUT2D eigenvalue weighted by Crippen LogP contribution is -2.47. The van der Waals surface area contributed by atoms with Gasteiger partial charge in [0.05, 0.1) is 6.54 Å². The molecule has 2 rings (SSSR count). The zero-order valence-corrected chi connectivity index (χ0v) is 18.0. The van der Waals surface area contributed by atoms with Gasteiger partial charge in [0.2, 0.25) is 5.89 Å². The third-order valence-electron chi connectivity index (χ3n) is 4.61. The van der Waals surface area contributed by atoms with Crippen LogP contribution in [-0.2, 0) is 11.3 Å². The number of aromatic nitrogens is 2. The van der Waals surface area contributed by atoms with E-state index in [0.717, 1.165) is 38.4 Å². The monoisotopic (exact) mass is 394 g/mol. The van der Waals surface area contributed by atoms with Crippen molar-refractivity contribution in [3.63, 3.8) is 0 Å². The van der Waals surface area contributed by atoms with Gasteiger partial charge in [0, 0.05) is 40.2 Å². The van der Waals surface area contributed by atoms with E-state index in [1.54, 1.807) is 18.9 Å². The summed E-state index contributed by atoms with van der Waals surface area (Å²) >= 11 is 0. The van der Waals surface area contributed by atoms with E-state index in [1.165, 1.54) is 0 Å². The molecular formula is C19H34N6O3. The van der Waals surface area contributed by atoms with Crippen LogP contribution >= 0.6 is 0 Å². The summed E-state index contributed by atoms with van der Waals surface area (Å²) in [5.74, 6) is 2.46. The Morgan fingerprint density at radius 1 is 1.39 bits per heavy atom. The highest BCUT2D eigenvalue weighted by molar-refractivity contribution is 5.79. The highest BCUT2D eigenvalue weighted by Crippen LogP contribution is 2.20. The summed E-state index contributed by atoms with van der Waals surface area (Å²) in [4.78, 5) is 24.9. The van der Waals surface area contributed by atoms with E-state index in [-0.39, 0.29) is 6.09 Å². The number of carbonyl (C=O) groups is 1. The molecular weight excluding hydrogens is 360 g/mol. The molecule has 0 radical (unpaired) electrons. The first-order valence-electron chi connectivity index (χ1n) is 9.94. The lowest BCUT2D eigenvalue weighted by Gasteiger charge is -2.36. The van der Waals surface area contributed by atoms with E-state index in [0.29, 0.717) is 30.7 Å². The SMILES string of the molecule is CCN(CC1CCN(C(=NC)NCc2noc(C)n2)CC1)C(=O)OC(C)(C)C. The van der Waals surface area contributed by atoms with Crippen LogP contribution in [0.15, 0.2) is 9.52 Å². The molecule has 0 atom stereocenters. The molecule has 9 nitrogen and oxygen atoms in total. The minimum Gasteiger partial charge on any atom is -0.444 e. The Balaban J connectivity index is 1.81. The highest BCUT2D eigenvalue weighted by Gasteiger charge is 2.27. The van der Waals surface area contributed by atoms with Crippen LogP contribution in [0.2, 0.25) is 0 Å². The molecule has 0 aliphatic carbocycles. The Kier molecular flexibility index (Phi) is 7.65. The van der Waals surface area contributed by atoms with Gasteiger partial charge in [-0.15, -0.1) is 0 Å². The van der Waals surface area contributed by atoms with Gasteiger partial charge in [-0.1, -0.05) is 5.16 Å². The quantitative estimate of drug-likeness (QED) is 0.605. The molecule has 0 saturated carbocycles. The first kappa shape index (κ1) is 22.0. The van der Waals surface area contributed by atoms with Crippen LogP contribution in [0.1, 0.15) is 52.3 Å². The molecule has 1 aliphatic heterocycles. The van der Waals surface area contributed by atoms with Crippen molar-refractivity contribution >= 4 is 12.1 Å². The zero-order chi connectivity index (χ0) is 20.7. The van der Waals surface area contributed by atoms with E-state index < -0.39 is 5.60 Å². The smallest absolute Gasteiger partial charge is 0.410 e. The summed E-state index contributed by atoms with van der Waals surface area (Å²) in [5.41, 5.74) is -0.469. The van der Waals surface area contributed by atoms with E-state index in [9.17, 15) is 4.79 Å². The van der Waals surface area contributed by atoms with Gasteiger partial charge in [-0.25, -0.2) is 4.79 Å². The first-order chi connectivity index (χ1) is 13.2. The molecule has 0 spiro atoms. The summed E-state index contributed by atoms with van der Waals surface area (Å²) in [6.07, 6.45) is 1.77. The predicted molar refractivity (Wildman–Crippen MR) is 107 cm³/mol. The lowest BCUT2D eigenvalue weighted by molar-refractivity contribution is 0.0214. The van der Waals surface area contributed by atoms with Gasteiger partial charge in [0.1, 0.15) is 5.60 Å². The second-order valence-corrected chi connectivity index (χ2v) is 8.08. The van der Waals surface area contributed by atoms with Crippen LogP contribution in [-0.4, -0.2) is 70.8 Å². The standard InChI is InChI=1S/C19H34N6O3/c1-7-24(18(26)27-19(3,4)5)13-15-8-10-25(11-9-15)17(20-6)21-12-16-22-14(2)28-23-16/h15H,7-13H2,1-6H3,(H,20,21). The Morgan fingerprint density at radius 3 is 2.57 bits per heavy atom. The van der Waals surface area contributed by atoms with Crippen LogP contribution < -0.4 is 5.32 Å². The van der Waals surface area contributed by atoms with Gasteiger partial charge in [0.25, 0.3) is 0 Å². The molecule has 1 aromatic rings. The number of nitrogens with one attached hydrogen (secondary N) is 1. The Hall–Kier alpha value is -2.32. The number of likely N-dealkylation sites (tertiary alicyclic amines) is 1. The summed E-state index contributed by atoms with van der Waals surface area (Å²) in [6, 6.07) is 0. The van der Waals surface area contributed by atoms with E-state index in [2.05, 4.69) is 25.3 Å². The van der Waals surface area contributed by atoms with Crippen molar-refractivity contribution in [2.45, 2.75) is 59.6 Å². The fourth-order valence-corrected chi connectivity index (χ4v) is 3.20. The van der Waals surface area contributed by atoms with Crippen LogP contribution in [0, 0.1) is 12.8 Å². The van der Waals surface area contributed by atoms with E-state index in [4.69, 9.17) is 9.26 Å². The largest absolute Gasteiger partial charge is 0.444 e. The molecule has 2 heterocycles. The highest BCUT2D eigenvalue weighted by atomic mass is 16.6. The second-order valence-electron chi connectivity index (χ2n) is 8.08. The zero-order valence-electron chi connectivity index (χ0n) is 18.0. The maximum atomic E-state index is 12.3. The molecule has 1 saturated heterocycles. The summed E-state index contributed by atoms with van der Waals surface area (Å²) in [6.45, 7) is 13.1. The van der Waals surface area contributed by atoms with Crippen molar-refractivity contribution < 1.29 is 14.1 Å². The summed E-state index contributed by atoms with van der Waals surface area (Å²) < 4.78 is 10.5. The number of hydrogen-bond donors (Lipinski definition) is 1. The van der Waals surface area contributed by atoms with Gasteiger partial charge in [-0.3, -0.25) is 4.99 Å². The minimum absolute atomic E-state index is 0.231. The number of rotatable bonds is 5. The van der Waals surface area contributed by atoms with Gasteiger partial charge in [-0.2, -0.15) is 4.98 Å². The first-order valence-corrected chi connectivity index (χ1v) is 9.94. The maximum absolute atomic E-state index is 12.3. The third-order valence-corrected chi connectivity index (χ3v) is 4.61. The average molecular weight is 395 g/mol. The maximum Gasteiger partial charge on any atom is 0.410 e. The fourth-order valence-electron chi connectivity index (χ4n) is 3.20. The number of nitrogens with zero attached hydrogens (tertiary/aromatic N) is 5. The molecule has 0 aromatic carbocycles. The van der Waals surface area contributed by atoms with Crippen molar-refractivity contribution in [3.05, 3.63) is 11.7 Å². The minimum atomic E-state index is -0.469. The van der Waals surface area contributed by atoms with Crippen molar-refractivity contribution in [3.8, 4) is 0 Å². The normalized spacial score (nSPS) is 16.2. The topological polar surface area (TPSA) is 96.1 Å². The number of carbonyl (C=O) groups excluding carboxylic acids is 1. The van der Waals surface area contributed by atoms with Gasteiger partial charge >= 0.3 is 6.09 Å². The predicted octanol–water partition coefficient (Wildman–Crippen LogP) is 2.42. The number of piperidine rings is 1. The van der Waals surface area contributed by atoms with Crippen LogP contribution in [0.25, 0.3) is 0 Å². The summed E-state index contributed by atoms with van der Waals surface area (Å²) in [7, 11) is 1.78. The van der Waals surface area contributed by atoms with Crippen LogP contribution in [0.5, 0.6) is 0 Å². The Labute approximate surface area is 167 Å².